The largest absolute Gasteiger partial charge is 0.480 e. The fraction of sp³-hybridized carbons (Fsp3) is 0.160. The number of hydrogen-bond acceptors (Lipinski definition) is 7. The first kappa shape index (κ1) is 18.6. The topological polar surface area (TPSA) is 72.5 Å². The lowest BCUT2D eigenvalue weighted by molar-refractivity contribution is -0.137. The molecule has 0 radical (unpaired) electrons. The fourth-order valence-corrected chi connectivity index (χ4v) is 4.23. The molecule has 0 N–H and O–H groups in total. The summed E-state index contributed by atoms with van der Waals surface area (Å²) in [5.41, 5.74) is 3.46. The van der Waals surface area contributed by atoms with Crippen molar-refractivity contribution in [1.82, 2.24) is 0 Å². The summed E-state index contributed by atoms with van der Waals surface area (Å²) in [7, 11) is 1.36. The maximum absolute atomic E-state index is 13.1. The van der Waals surface area contributed by atoms with Crippen molar-refractivity contribution in [3.05, 3.63) is 82.9 Å². The molecule has 0 spiro atoms. The number of benzene rings is 3. The van der Waals surface area contributed by atoms with Gasteiger partial charge in [-0.05, 0) is 35.9 Å². The molecule has 3 aromatic rings. The van der Waals surface area contributed by atoms with Gasteiger partial charge in [-0.15, -0.1) is 0 Å². The normalized spacial score (nSPS) is 17.6. The molecule has 3 aliphatic heterocycles. The van der Waals surface area contributed by atoms with Gasteiger partial charge in [-0.2, -0.15) is 0 Å². The number of methoxy groups -OCH3 is 1. The van der Waals surface area contributed by atoms with Crippen molar-refractivity contribution in [3.8, 4) is 28.7 Å². The minimum absolute atomic E-state index is 0.162. The van der Waals surface area contributed by atoms with E-state index in [1.165, 1.54) is 7.11 Å². The fourth-order valence-electron chi connectivity index (χ4n) is 4.23. The monoisotopic (exact) mass is 430 g/mol. The second-order valence-corrected chi connectivity index (χ2v) is 7.46. The lowest BCUT2D eigenvalue weighted by atomic mass is 9.85. The van der Waals surface area contributed by atoms with E-state index in [9.17, 15) is 4.79 Å². The standard InChI is InChI=1S/C25H18O7/c1-27-25(26)23-22(14-6-8-18-20(10-14)30-12-28-18)16-4-2-3-5-17(16)32-24(23)15-7-9-19-21(11-15)31-13-29-19/h2-11,24H,12-13H2,1H3. The first-order valence-corrected chi connectivity index (χ1v) is 10.1. The van der Waals surface area contributed by atoms with Gasteiger partial charge >= 0.3 is 5.97 Å². The van der Waals surface area contributed by atoms with Crippen LogP contribution in [-0.2, 0) is 9.53 Å². The van der Waals surface area contributed by atoms with Crippen LogP contribution in [0.3, 0.4) is 0 Å². The summed E-state index contributed by atoms with van der Waals surface area (Å²) in [5, 5.41) is 0. The van der Waals surface area contributed by atoms with Gasteiger partial charge in [0.2, 0.25) is 13.6 Å². The van der Waals surface area contributed by atoms with Gasteiger partial charge in [0.1, 0.15) is 5.75 Å². The van der Waals surface area contributed by atoms with Gasteiger partial charge in [0.15, 0.2) is 29.1 Å². The predicted octanol–water partition coefficient (Wildman–Crippen LogP) is 4.25. The Kier molecular flexibility index (Phi) is 4.21. The molecule has 0 saturated heterocycles. The lowest BCUT2D eigenvalue weighted by Gasteiger charge is -2.30. The summed E-state index contributed by atoms with van der Waals surface area (Å²) in [6.45, 7) is 0.330. The molecule has 3 aromatic carbocycles. The molecular weight excluding hydrogens is 412 g/mol. The van der Waals surface area contributed by atoms with E-state index in [1.54, 1.807) is 0 Å². The highest BCUT2D eigenvalue weighted by Gasteiger charge is 2.36. The Hall–Kier alpha value is -4.13. The van der Waals surface area contributed by atoms with Crippen molar-refractivity contribution in [2.24, 2.45) is 0 Å². The Labute approximate surface area is 183 Å². The van der Waals surface area contributed by atoms with Crippen LogP contribution < -0.4 is 23.7 Å². The molecule has 0 aromatic heterocycles. The van der Waals surface area contributed by atoms with Gasteiger partial charge < -0.3 is 28.4 Å². The van der Waals surface area contributed by atoms with Gasteiger partial charge in [0, 0.05) is 16.7 Å². The second kappa shape index (κ2) is 7.23. The molecule has 3 heterocycles. The molecule has 7 heteroatoms. The van der Waals surface area contributed by atoms with Crippen LogP contribution in [0.15, 0.2) is 66.2 Å². The minimum Gasteiger partial charge on any atom is -0.480 e. The molecular formula is C25H18O7. The molecule has 3 aliphatic rings. The number of hydrogen-bond donors (Lipinski definition) is 0. The van der Waals surface area contributed by atoms with E-state index in [1.807, 2.05) is 60.7 Å². The molecule has 0 fully saturated rings. The van der Waals surface area contributed by atoms with Crippen LogP contribution in [-0.4, -0.2) is 26.7 Å². The maximum Gasteiger partial charge on any atom is 0.338 e. The average Bonchev–Trinajstić information content (AvgIpc) is 3.50. The Morgan fingerprint density at radius 1 is 0.812 bits per heavy atom. The SMILES string of the molecule is COC(=O)C1=C(c2ccc3c(c2)OCO3)c2ccccc2OC1c1ccc2c(c1)OCO2. The molecule has 6 rings (SSSR count). The van der Waals surface area contributed by atoms with E-state index in [2.05, 4.69) is 0 Å². The Morgan fingerprint density at radius 2 is 1.50 bits per heavy atom. The van der Waals surface area contributed by atoms with E-state index in [0.29, 0.717) is 34.3 Å². The lowest BCUT2D eigenvalue weighted by Crippen LogP contribution is -2.24. The van der Waals surface area contributed by atoms with Gasteiger partial charge in [0.05, 0.1) is 12.7 Å². The number of rotatable bonds is 3. The van der Waals surface area contributed by atoms with Crippen LogP contribution in [0.1, 0.15) is 22.8 Å². The van der Waals surface area contributed by atoms with Crippen LogP contribution in [0.25, 0.3) is 5.57 Å². The van der Waals surface area contributed by atoms with Crippen molar-refractivity contribution in [1.29, 1.82) is 0 Å². The zero-order valence-electron chi connectivity index (χ0n) is 17.1. The van der Waals surface area contributed by atoms with Gasteiger partial charge in [-0.1, -0.05) is 30.3 Å². The Morgan fingerprint density at radius 3 is 2.28 bits per heavy atom. The molecule has 0 bridgehead atoms. The molecule has 0 amide bonds. The molecule has 1 atom stereocenters. The number of carbonyl (C=O) groups excluding carboxylic acids is 1. The van der Waals surface area contributed by atoms with Crippen molar-refractivity contribution in [3.63, 3.8) is 0 Å². The first-order valence-electron chi connectivity index (χ1n) is 10.1. The molecule has 32 heavy (non-hydrogen) atoms. The van der Waals surface area contributed by atoms with E-state index in [-0.39, 0.29) is 13.6 Å². The van der Waals surface area contributed by atoms with Crippen LogP contribution in [0.5, 0.6) is 28.7 Å². The summed E-state index contributed by atoms with van der Waals surface area (Å²) < 4.78 is 33.6. The van der Waals surface area contributed by atoms with Crippen molar-refractivity contribution in [2.75, 3.05) is 20.7 Å². The highest BCUT2D eigenvalue weighted by molar-refractivity contribution is 6.04. The average molecular weight is 430 g/mol. The third-order valence-corrected chi connectivity index (χ3v) is 5.70. The van der Waals surface area contributed by atoms with Gasteiger partial charge in [0.25, 0.3) is 0 Å². The Balaban J connectivity index is 1.59. The number of esters is 1. The highest BCUT2D eigenvalue weighted by Crippen LogP contribution is 2.48. The summed E-state index contributed by atoms with van der Waals surface area (Å²) in [5.74, 6) is 2.75. The van der Waals surface area contributed by atoms with Crippen LogP contribution >= 0.6 is 0 Å². The summed E-state index contributed by atoms with van der Waals surface area (Å²) in [6.07, 6.45) is -0.702. The minimum atomic E-state index is -0.702. The van der Waals surface area contributed by atoms with Crippen molar-refractivity contribution in [2.45, 2.75) is 6.10 Å². The number of ether oxygens (including phenoxy) is 6. The Bertz CT molecular complexity index is 1280. The molecule has 1 unspecified atom stereocenters. The van der Waals surface area contributed by atoms with Crippen molar-refractivity contribution >= 4 is 11.5 Å². The summed E-state index contributed by atoms with van der Waals surface area (Å²) in [4.78, 5) is 13.1. The van der Waals surface area contributed by atoms with E-state index in [4.69, 9.17) is 28.4 Å². The van der Waals surface area contributed by atoms with Crippen LogP contribution in [0.2, 0.25) is 0 Å². The smallest absolute Gasteiger partial charge is 0.338 e. The summed E-state index contributed by atoms with van der Waals surface area (Å²) >= 11 is 0. The predicted molar refractivity (Wildman–Crippen MR) is 113 cm³/mol. The van der Waals surface area contributed by atoms with Gasteiger partial charge in [-0.25, -0.2) is 4.79 Å². The van der Waals surface area contributed by atoms with Crippen molar-refractivity contribution < 1.29 is 33.2 Å². The van der Waals surface area contributed by atoms with E-state index in [0.717, 1.165) is 22.3 Å². The number of carbonyl (C=O) groups is 1. The zero-order valence-corrected chi connectivity index (χ0v) is 17.1. The molecule has 7 nitrogen and oxygen atoms in total. The number of fused-ring (bicyclic) bond motifs is 3. The molecule has 0 aliphatic carbocycles. The highest BCUT2D eigenvalue weighted by atomic mass is 16.7. The quantitative estimate of drug-likeness (QED) is 0.575. The van der Waals surface area contributed by atoms with Crippen LogP contribution in [0.4, 0.5) is 0 Å². The van der Waals surface area contributed by atoms with E-state index >= 15 is 0 Å². The second-order valence-electron chi connectivity index (χ2n) is 7.46. The van der Waals surface area contributed by atoms with Crippen LogP contribution in [0, 0.1) is 0 Å². The number of para-hydroxylation sites is 1. The molecule has 160 valence electrons. The maximum atomic E-state index is 13.1. The summed E-state index contributed by atoms with van der Waals surface area (Å²) in [6, 6.07) is 18.8. The zero-order chi connectivity index (χ0) is 21.7. The first-order chi connectivity index (χ1) is 15.7. The van der Waals surface area contributed by atoms with Gasteiger partial charge in [-0.3, -0.25) is 0 Å². The molecule has 0 saturated carbocycles. The third kappa shape index (κ3) is 2.85. The third-order valence-electron chi connectivity index (χ3n) is 5.70. The van der Waals surface area contributed by atoms with E-state index < -0.39 is 12.1 Å².